The standard InChI is InChI=1S/C19H22FNO6S/c1-3-26-16-8-5-13(11-17(16)27-4-2)9-10-21-28(24,25)18-12-14(19(22)23)6-7-15(18)20/h5-8,11-12,21H,3-4,9-10H2,1-2H3,(H,22,23). The summed E-state index contributed by atoms with van der Waals surface area (Å²) in [5.41, 5.74) is 0.490. The van der Waals surface area contributed by atoms with E-state index in [9.17, 15) is 17.6 Å². The van der Waals surface area contributed by atoms with Gasteiger partial charge in [-0.05, 0) is 56.2 Å². The molecule has 0 aromatic heterocycles. The fourth-order valence-electron chi connectivity index (χ4n) is 2.50. The van der Waals surface area contributed by atoms with Gasteiger partial charge in [0.05, 0.1) is 18.8 Å². The molecule has 0 spiro atoms. The van der Waals surface area contributed by atoms with E-state index in [0.717, 1.165) is 23.8 Å². The Kier molecular flexibility index (Phi) is 7.36. The fraction of sp³-hybridized carbons (Fsp3) is 0.316. The maximum Gasteiger partial charge on any atom is 0.335 e. The third kappa shape index (κ3) is 5.43. The predicted molar refractivity (Wildman–Crippen MR) is 101 cm³/mol. The Labute approximate surface area is 163 Å². The van der Waals surface area contributed by atoms with Crippen molar-refractivity contribution in [2.45, 2.75) is 25.2 Å². The minimum Gasteiger partial charge on any atom is -0.490 e. The number of aromatic carboxylic acids is 1. The molecule has 0 amide bonds. The van der Waals surface area contributed by atoms with Gasteiger partial charge in [-0.15, -0.1) is 0 Å². The third-order valence-electron chi connectivity index (χ3n) is 3.78. The van der Waals surface area contributed by atoms with Gasteiger partial charge in [-0.25, -0.2) is 22.3 Å². The topological polar surface area (TPSA) is 102 Å². The lowest BCUT2D eigenvalue weighted by atomic mass is 10.1. The van der Waals surface area contributed by atoms with E-state index in [-0.39, 0.29) is 12.1 Å². The highest BCUT2D eigenvalue weighted by atomic mass is 32.2. The van der Waals surface area contributed by atoms with E-state index in [0.29, 0.717) is 31.1 Å². The zero-order valence-corrected chi connectivity index (χ0v) is 16.4. The van der Waals surface area contributed by atoms with Crippen molar-refractivity contribution in [1.29, 1.82) is 0 Å². The molecule has 152 valence electrons. The first-order chi connectivity index (χ1) is 13.3. The van der Waals surface area contributed by atoms with Crippen LogP contribution in [0.2, 0.25) is 0 Å². The molecule has 0 radical (unpaired) electrons. The van der Waals surface area contributed by atoms with Gasteiger partial charge in [0, 0.05) is 6.54 Å². The third-order valence-corrected chi connectivity index (χ3v) is 5.26. The predicted octanol–water partition coefficient (Wildman–Crippen LogP) is 2.84. The molecule has 0 fully saturated rings. The molecule has 0 bridgehead atoms. The first-order valence-electron chi connectivity index (χ1n) is 8.69. The molecule has 2 N–H and O–H groups in total. The second-order valence-corrected chi connectivity index (χ2v) is 7.48. The Balaban J connectivity index is 2.11. The van der Waals surface area contributed by atoms with Crippen molar-refractivity contribution in [3.8, 4) is 11.5 Å². The molecular weight excluding hydrogens is 389 g/mol. The number of nitrogens with one attached hydrogen (secondary N) is 1. The van der Waals surface area contributed by atoms with Crippen LogP contribution >= 0.6 is 0 Å². The molecule has 2 aromatic carbocycles. The molecule has 0 aliphatic rings. The van der Waals surface area contributed by atoms with E-state index in [1.54, 1.807) is 18.2 Å². The highest BCUT2D eigenvalue weighted by Gasteiger charge is 2.21. The fourth-order valence-corrected chi connectivity index (χ4v) is 3.63. The summed E-state index contributed by atoms with van der Waals surface area (Å²) >= 11 is 0. The summed E-state index contributed by atoms with van der Waals surface area (Å²) in [6, 6.07) is 7.91. The highest BCUT2D eigenvalue weighted by molar-refractivity contribution is 7.89. The molecule has 9 heteroatoms. The van der Waals surface area contributed by atoms with Crippen LogP contribution in [0.3, 0.4) is 0 Å². The van der Waals surface area contributed by atoms with Crippen molar-refractivity contribution in [3.63, 3.8) is 0 Å². The molecule has 0 aliphatic carbocycles. The summed E-state index contributed by atoms with van der Waals surface area (Å²) in [4.78, 5) is 10.3. The summed E-state index contributed by atoms with van der Waals surface area (Å²) in [7, 11) is -4.20. The van der Waals surface area contributed by atoms with Gasteiger partial charge >= 0.3 is 5.97 Å². The average Bonchev–Trinajstić information content (AvgIpc) is 2.64. The zero-order chi connectivity index (χ0) is 20.7. The van der Waals surface area contributed by atoms with Gasteiger partial charge < -0.3 is 14.6 Å². The first kappa shape index (κ1) is 21.6. The number of hydrogen-bond donors (Lipinski definition) is 2. The smallest absolute Gasteiger partial charge is 0.335 e. The summed E-state index contributed by atoms with van der Waals surface area (Å²) in [6.45, 7) is 4.64. The largest absolute Gasteiger partial charge is 0.490 e. The molecule has 2 rings (SSSR count). The molecule has 2 aromatic rings. The van der Waals surface area contributed by atoms with Crippen molar-refractivity contribution in [1.82, 2.24) is 4.72 Å². The van der Waals surface area contributed by atoms with Gasteiger partial charge in [-0.3, -0.25) is 0 Å². The van der Waals surface area contributed by atoms with Crippen molar-refractivity contribution >= 4 is 16.0 Å². The Morgan fingerprint density at radius 2 is 1.75 bits per heavy atom. The lowest BCUT2D eigenvalue weighted by Crippen LogP contribution is -2.27. The number of ether oxygens (including phenoxy) is 2. The van der Waals surface area contributed by atoms with Gasteiger partial charge in [-0.2, -0.15) is 0 Å². The lowest BCUT2D eigenvalue weighted by molar-refractivity contribution is 0.0696. The van der Waals surface area contributed by atoms with Crippen LogP contribution in [0.5, 0.6) is 11.5 Å². The van der Waals surface area contributed by atoms with Crippen LogP contribution in [0, 0.1) is 5.82 Å². The van der Waals surface area contributed by atoms with E-state index in [2.05, 4.69) is 4.72 Å². The molecule has 28 heavy (non-hydrogen) atoms. The van der Waals surface area contributed by atoms with Gasteiger partial charge in [0.15, 0.2) is 11.5 Å². The summed E-state index contributed by atoms with van der Waals surface area (Å²) in [5.74, 6) is -1.20. The Hall–Kier alpha value is -2.65. The Morgan fingerprint density at radius 1 is 1.07 bits per heavy atom. The van der Waals surface area contributed by atoms with Crippen molar-refractivity contribution in [2.24, 2.45) is 0 Å². The molecule has 0 atom stereocenters. The molecule has 0 saturated carbocycles. The van der Waals surface area contributed by atoms with Crippen LogP contribution in [0.25, 0.3) is 0 Å². The highest BCUT2D eigenvalue weighted by Crippen LogP contribution is 2.28. The summed E-state index contributed by atoms with van der Waals surface area (Å²) in [5, 5.41) is 8.96. The van der Waals surface area contributed by atoms with E-state index in [4.69, 9.17) is 14.6 Å². The SMILES string of the molecule is CCOc1ccc(CCNS(=O)(=O)c2cc(C(=O)O)ccc2F)cc1OCC. The molecule has 0 aliphatic heterocycles. The van der Waals surface area contributed by atoms with E-state index in [1.807, 2.05) is 13.8 Å². The van der Waals surface area contributed by atoms with E-state index in [1.165, 1.54) is 0 Å². The maximum atomic E-state index is 13.9. The van der Waals surface area contributed by atoms with Gasteiger partial charge in [0.25, 0.3) is 0 Å². The van der Waals surface area contributed by atoms with Crippen molar-refractivity contribution in [3.05, 3.63) is 53.3 Å². The second-order valence-electron chi connectivity index (χ2n) is 5.75. The van der Waals surface area contributed by atoms with Crippen LogP contribution in [0.15, 0.2) is 41.3 Å². The van der Waals surface area contributed by atoms with Crippen LogP contribution in [0.1, 0.15) is 29.8 Å². The normalized spacial score (nSPS) is 11.2. The van der Waals surface area contributed by atoms with Crippen molar-refractivity contribution < 1.29 is 32.2 Å². The number of sulfonamides is 1. The summed E-state index contributed by atoms with van der Waals surface area (Å²) in [6.07, 6.45) is 0.325. The van der Waals surface area contributed by atoms with Crippen LogP contribution in [0.4, 0.5) is 4.39 Å². The number of halogens is 1. The lowest BCUT2D eigenvalue weighted by Gasteiger charge is -2.13. The monoisotopic (exact) mass is 411 g/mol. The van der Waals surface area contributed by atoms with Crippen molar-refractivity contribution in [2.75, 3.05) is 19.8 Å². The number of carboxylic acids is 1. The van der Waals surface area contributed by atoms with E-state index >= 15 is 0 Å². The number of benzene rings is 2. The maximum absolute atomic E-state index is 13.9. The Morgan fingerprint density at radius 3 is 2.39 bits per heavy atom. The zero-order valence-electron chi connectivity index (χ0n) is 15.6. The Bertz CT molecular complexity index is 945. The molecular formula is C19H22FNO6S. The van der Waals surface area contributed by atoms with Gasteiger partial charge in [0.2, 0.25) is 10.0 Å². The summed E-state index contributed by atoms with van der Waals surface area (Å²) < 4.78 is 51.9. The second kappa shape index (κ2) is 9.52. The average molecular weight is 411 g/mol. The quantitative estimate of drug-likeness (QED) is 0.623. The van der Waals surface area contributed by atoms with Gasteiger partial charge in [0.1, 0.15) is 10.7 Å². The molecule has 0 unspecified atom stereocenters. The van der Waals surface area contributed by atoms with Crippen LogP contribution < -0.4 is 14.2 Å². The number of carboxylic acid groups (broad SMARTS) is 1. The minimum absolute atomic E-state index is 0.00137. The number of rotatable bonds is 10. The minimum atomic E-state index is -4.20. The molecule has 0 heterocycles. The number of carbonyl (C=O) groups is 1. The first-order valence-corrected chi connectivity index (χ1v) is 10.2. The van der Waals surface area contributed by atoms with Crippen LogP contribution in [-0.2, 0) is 16.4 Å². The molecule has 7 nitrogen and oxygen atoms in total. The molecule has 0 saturated heterocycles. The van der Waals surface area contributed by atoms with Gasteiger partial charge in [-0.1, -0.05) is 6.07 Å². The van der Waals surface area contributed by atoms with E-state index < -0.39 is 26.7 Å². The number of hydrogen-bond acceptors (Lipinski definition) is 5. The van der Waals surface area contributed by atoms with Crippen LogP contribution in [-0.4, -0.2) is 39.3 Å².